The van der Waals surface area contributed by atoms with Crippen LogP contribution in [0.5, 0.6) is 5.75 Å². The number of carbonyl (C=O) groups excluding carboxylic acids is 1. The Hall–Kier alpha value is -2.60. The molecular formula is C19H20FNO4. The number of aliphatic hydroxyl groups excluding tert-OH is 1. The topological polar surface area (TPSA) is 59.0 Å². The molecule has 5 nitrogen and oxygen atoms in total. The largest absolute Gasteiger partial charge is 0.496 e. The molecule has 0 aliphatic carbocycles. The minimum absolute atomic E-state index is 0.117. The molecule has 0 radical (unpaired) electrons. The van der Waals surface area contributed by atoms with Crippen molar-refractivity contribution in [3.8, 4) is 16.9 Å². The van der Waals surface area contributed by atoms with E-state index in [1.807, 2.05) is 6.92 Å². The second-order valence-electron chi connectivity index (χ2n) is 5.88. The van der Waals surface area contributed by atoms with Crippen LogP contribution in [-0.4, -0.2) is 31.0 Å². The third-order valence-corrected chi connectivity index (χ3v) is 4.33. The molecule has 2 aromatic carbocycles. The van der Waals surface area contributed by atoms with Crippen molar-refractivity contribution in [3.05, 3.63) is 47.8 Å². The van der Waals surface area contributed by atoms with Crippen LogP contribution < -0.4 is 9.64 Å². The van der Waals surface area contributed by atoms with Crippen molar-refractivity contribution in [2.24, 2.45) is 0 Å². The first-order valence-electron chi connectivity index (χ1n) is 8.13. The van der Waals surface area contributed by atoms with Gasteiger partial charge in [-0.15, -0.1) is 0 Å². The molecule has 1 aliphatic heterocycles. The normalized spacial score (nSPS) is 16.9. The number of hydrogen-bond donors (Lipinski definition) is 1. The van der Waals surface area contributed by atoms with Gasteiger partial charge in [0.15, 0.2) is 0 Å². The molecule has 1 saturated heterocycles. The summed E-state index contributed by atoms with van der Waals surface area (Å²) in [5.41, 5.74) is 2.10. The van der Waals surface area contributed by atoms with Crippen molar-refractivity contribution in [2.75, 3.05) is 18.6 Å². The Bertz CT molecular complexity index is 793. The summed E-state index contributed by atoms with van der Waals surface area (Å²) in [5, 5.41) is 9.22. The molecule has 2 aromatic rings. The van der Waals surface area contributed by atoms with Gasteiger partial charge in [0.05, 0.1) is 25.9 Å². The van der Waals surface area contributed by atoms with Gasteiger partial charge >= 0.3 is 6.09 Å². The number of ether oxygens (including phenoxy) is 2. The predicted molar refractivity (Wildman–Crippen MR) is 92.2 cm³/mol. The van der Waals surface area contributed by atoms with E-state index in [-0.39, 0.29) is 12.7 Å². The van der Waals surface area contributed by atoms with Crippen molar-refractivity contribution >= 4 is 11.8 Å². The number of benzene rings is 2. The maximum absolute atomic E-state index is 14.7. The third kappa shape index (κ3) is 3.30. The summed E-state index contributed by atoms with van der Waals surface area (Å²) >= 11 is 0. The van der Waals surface area contributed by atoms with Crippen molar-refractivity contribution in [1.29, 1.82) is 0 Å². The van der Waals surface area contributed by atoms with Crippen molar-refractivity contribution < 1.29 is 23.8 Å². The Morgan fingerprint density at radius 2 is 2.04 bits per heavy atom. The highest BCUT2D eigenvalue weighted by Crippen LogP contribution is 2.35. The summed E-state index contributed by atoms with van der Waals surface area (Å²) < 4.78 is 25.2. The number of cyclic esters (lactones) is 1. The van der Waals surface area contributed by atoms with Gasteiger partial charge in [0.2, 0.25) is 0 Å². The van der Waals surface area contributed by atoms with E-state index in [1.54, 1.807) is 30.3 Å². The summed E-state index contributed by atoms with van der Waals surface area (Å²) in [6.07, 6.45) is 0.0993. The Morgan fingerprint density at radius 1 is 1.28 bits per heavy atom. The van der Waals surface area contributed by atoms with E-state index in [2.05, 4.69) is 0 Å². The van der Waals surface area contributed by atoms with Crippen LogP contribution >= 0.6 is 0 Å². The molecule has 1 fully saturated rings. The summed E-state index contributed by atoms with van der Waals surface area (Å²) in [5.74, 6) is 0.0186. The minimum Gasteiger partial charge on any atom is -0.496 e. The zero-order valence-corrected chi connectivity index (χ0v) is 14.2. The lowest BCUT2D eigenvalue weighted by Gasteiger charge is -2.15. The number of methoxy groups -OCH3 is 1. The van der Waals surface area contributed by atoms with E-state index in [0.29, 0.717) is 34.7 Å². The number of carbonyl (C=O) groups is 1. The van der Waals surface area contributed by atoms with Gasteiger partial charge in [-0.05, 0) is 36.2 Å². The van der Waals surface area contributed by atoms with E-state index in [1.165, 1.54) is 18.1 Å². The van der Waals surface area contributed by atoms with E-state index in [9.17, 15) is 14.3 Å². The molecule has 1 aliphatic rings. The van der Waals surface area contributed by atoms with Crippen LogP contribution in [0.15, 0.2) is 36.4 Å². The summed E-state index contributed by atoms with van der Waals surface area (Å²) in [7, 11) is 1.50. The summed E-state index contributed by atoms with van der Waals surface area (Å²) in [6.45, 7) is 2.24. The molecule has 1 N–H and O–H groups in total. The van der Waals surface area contributed by atoms with E-state index in [4.69, 9.17) is 9.47 Å². The molecule has 1 atom stereocenters. The molecule has 132 valence electrons. The second kappa shape index (κ2) is 7.11. The van der Waals surface area contributed by atoms with E-state index < -0.39 is 11.9 Å². The number of anilines is 1. The first-order valence-corrected chi connectivity index (χ1v) is 8.13. The number of aliphatic hydroxyl groups is 1. The van der Waals surface area contributed by atoms with Gasteiger partial charge < -0.3 is 14.6 Å². The Morgan fingerprint density at radius 3 is 2.64 bits per heavy atom. The highest BCUT2D eigenvalue weighted by molar-refractivity contribution is 5.90. The maximum atomic E-state index is 14.7. The van der Waals surface area contributed by atoms with Gasteiger partial charge in [-0.1, -0.05) is 19.1 Å². The van der Waals surface area contributed by atoms with E-state index in [0.717, 1.165) is 6.42 Å². The molecule has 0 spiro atoms. The van der Waals surface area contributed by atoms with Gasteiger partial charge in [0.25, 0.3) is 0 Å². The molecule has 0 aromatic heterocycles. The fourth-order valence-electron chi connectivity index (χ4n) is 2.89. The van der Waals surface area contributed by atoms with Gasteiger partial charge in [-0.25, -0.2) is 9.18 Å². The van der Waals surface area contributed by atoms with Crippen LogP contribution in [0.1, 0.15) is 18.9 Å². The van der Waals surface area contributed by atoms with Gasteiger partial charge in [0.1, 0.15) is 17.7 Å². The lowest BCUT2D eigenvalue weighted by Crippen LogP contribution is -2.24. The molecule has 1 amide bonds. The smallest absolute Gasteiger partial charge is 0.414 e. The second-order valence-corrected chi connectivity index (χ2v) is 5.88. The number of rotatable bonds is 5. The Labute approximate surface area is 145 Å². The third-order valence-electron chi connectivity index (χ3n) is 4.33. The number of hydrogen-bond acceptors (Lipinski definition) is 4. The average molecular weight is 345 g/mol. The molecular weight excluding hydrogens is 325 g/mol. The lowest BCUT2D eigenvalue weighted by molar-refractivity contribution is 0.139. The molecule has 0 unspecified atom stereocenters. The minimum atomic E-state index is -0.458. The number of amides is 1. The van der Waals surface area contributed by atoms with Gasteiger partial charge in [-0.3, -0.25) is 4.90 Å². The maximum Gasteiger partial charge on any atom is 0.414 e. The van der Waals surface area contributed by atoms with Crippen molar-refractivity contribution in [1.82, 2.24) is 0 Å². The van der Waals surface area contributed by atoms with Gasteiger partial charge in [-0.2, -0.15) is 0 Å². The first-order chi connectivity index (χ1) is 12.1. The fraction of sp³-hybridized carbons (Fsp3) is 0.316. The molecule has 0 bridgehead atoms. The van der Waals surface area contributed by atoms with Gasteiger partial charge in [0, 0.05) is 11.1 Å². The lowest BCUT2D eigenvalue weighted by atomic mass is 10.0. The van der Waals surface area contributed by atoms with Crippen LogP contribution in [-0.2, 0) is 11.3 Å². The SMILES string of the molecule is CC[C@H]1CN(c2ccc(-c3ccc(CO)cc3OC)c(F)c2)C(=O)O1. The quantitative estimate of drug-likeness (QED) is 0.897. The van der Waals surface area contributed by atoms with Crippen LogP contribution in [0.3, 0.4) is 0 Å². The van der Waals surface area contributed by atoms with Crippen LogP contribution in [0.25, 0.3) is 11.1 Å². The van der Waals surface area contributed by atoms with Crippen LogP contribution in [0.2, 0.25) is 0 Å². The van der Waals surface area contributed by atoms with Crippen molar-refractivity contribution in [3.63, 3.8) is 0 Å². The molecule has 0 saturated carbocycles. The zero-order valence-electron chi connectivity index (χ0n) is 14.2. The molecule has 6 heteroatoms. The highest BCUT2D eigenvalue weighted by Gasteiger charge is 2.31. The molecule has 1 heterocycles. The molecule has 25 heavy (non-hydrogen) atoms. The van der Waals surface area contributed by atoms with Crippen LogP contribution in [0.4, 0.5) is 14.9 Å². The fourth-order valence-corrected chi connectivity index (χ4v) is 2.89. The number of halogens is 1. The Balaban J connectivity index is 1.94. The Kier molecular flexibility index (Phi) is 4.90. The monoisotopic (exact) mass is 345 g/mol. The standard InChI is InChI=1S/C19H20FNO4/c1-3-14-10-21(19(23)25-14)13-5-7-15(17(20)9-13)16-6-4-12(11-22)8-18(16)24-2/h4-9,14,22H,3,10-11H2,1-2H3/t14-/m0/s1. The van der Waals surface area contributed by atoms with Crippen LogP contribution in [0, 0.1) is 5.82 Å². The predicted octanol–water partition coefficient (Wildman–Crippen LogP) is 3.73. The summed E-state index contributed by atoms with van der Waals surface area (Å²) in [4.78, 5) is 13.4. The average Bonchev–Trinajstić information content (AvgIpc) is 3.02. The van der Waals surface area contributed by atoms with Crippen molar-refractivity contribution in [2.45, 2.75) is 26.1 Å². The highest BCUT2D eigenvalue weighted by atomic mass is 19.1. The van der Waals surface area contributed by atoms with E-state index >= 15 is 0 Å². The summed E-state index contributed by atoms with van der Waals surface area (Å²) in [6, 6.07) is 9.74. The zero-order chi connectivity index (χ0) is 18.0. The number of nitrogens with zero attached hydrogens (tertiary/aromatic N) is 1. The first kappa shape index (κ1) is 17.2. The molecule has 3 rings (SSSR count).